The molecule has 0 atom stereocenters. The minimum Gasteiger partial charge on any atom is -0.472 e. The summed E-state index contributed by atoms with van der Waals surface area (Å²) in [5, 5.41) is 13.4. The lowest BCUT2D eigenvalue weighted by Crippen LogP contribution is -2.11. The first-order valence-corrected chi connectivity index (χ1v) is 6.83. The van der Waals surface area contributed by atoms with Gasteiger partial charge >= 0.3 is 5.69 Å². The average Bonchev–Trinajstić information content (AvgIpc) is 3.11. The van der Waals surface area contributed by atoms with E-state index in [0.29, 0.717) is 6.54 Å². The maximum Gasteiger partial charge on any atom is 0.332 e. The van der Waals surface area contributed by atoms with E-state index >= 15 is 0 Å². The molecule has 0 saturated carbocycles. The van der Waals surface area contributed by atoms with E-state index in [2.05, 4.69) is 4.98 Å². The Balaban J connectivity index is 1.86. The average molecular weight is 303 g/mol. The van der Waals surface area contributed by atoms with Gasteiger partial charge in [0.1, 0.15) is 11.3 Å². The molecule has 0 unspecified atom stereocenters. The summed E-state index contributed by atoms with van der Waals surface area (Å²) in [6.45, 7) is 0.357. The Morgan fingerprint density at radius 2 is 2.29 bits per heavy atom. The molecule has 7 nitrogen and oxygen atoms in total. The monoisotopic (exact) mass is 303 g/mol. The fourth-order valence-electron chi connectivity index (χ4n) is 1.83. The van der Waals surface area contributed by atoms with Gasteiger partial charge in [-0.3, -0.25) is 14.9 Å². The molecule has 3 heterocycles. The van der Waals surface area contributed by atoms with Crippen molar-refractivity contribution in [2.75, 3.05) is 0 Å². The molecule has 3 aromatic rings. The third-order valence-corrected chi connectivity index (χ3v) is 3.76. The summed E-state index contributed by atoms with van der Waals surface area (Å²) in [5.74, 6) is 0. The molecule has 0 fully saturated rings. The summed E-state index contributed by atoms with van der Waals surface area (Å²) in [5.41, 5.74) is 0.600. The molecule has 3 rings (SSSR count). The Morgan fingerprint density at radius 3 is 3.00 bits per heavy atom. The standard InChI is InChI=1S/C13H9N3O4S/c17-12-1-3-15(6-11(12)16(18)19)5-10-8-21-13(14-10)9-2-4-20-7-9/h1-4,6-8H,5H2. The molecule has 0 aliphatic carbocycles. The number of furan rings is 1. The highest BCUT2D eigenvalue weighted by atomic mass is 32.1. The van der Waals surface area contributed by atoms with Crippen LogP contribution in [0, 0.1) is 10.1 Å². The fourth-order valence-corrected chi connectivity index (χ4v) is 2.63. The minimum absolute atomic E-state index is 0.357. The zero-order valence-corrected chi connectivity index (χ0v) is 11.4. The minimum atomic E-state index is -0.684. The number of aromatic nitrogens is 2. The Kier molecular flexibility index (Phi) is 3.36. The quantitative estimate of drug-likeness (QED) is 0.545. The van der Waals surface area contributed by atoms with Crippen LogP contribution in [0.5, 0.6) is 0 Å². The normalized spacial score (nSPS) is 10.7. The number of thiazole rings is 1. The van der Waals surface area contributed by atoms with Crippen LogP contribution in [0.15, 0.2) is 51.6 Å². The molecule has 0 aliphatic heterocycles. The van der Waals surface area contributed by atoms with Crippen LogP contribution < -0.4 is 5.43 Å². The number of pyridine rings is 1. The molecule has 0 spiro atoms. The molecule has 0 N–H and O–H groups in total. The number of nitrogens with zero attached hydrogens (tertiary/aromatic N) is 3. The third-order valence-electron chi connectivity index (χ3n) is 2.82. The van der Waals surface area contributed by atoms with E-state index in [1.807, 2.05) is 11.4 Å². The molecule has 0 amide bonds. The lowest BCUT2D eigenvalue weighted by atomic mass is 10.3. The van der Waals surface area contributed by atoms with Gasteiger partial charge in [-0.1, -0.05) is 0 Å². The van der Waals surface area contributed by atoms with E-state index in [0.717, 1.165) is 16.3 Å². The Bertz CT molecular complexity index is 835. The second kappa shape index (κ2) is 5.33. The highest BCUT2D eigenvalue weighted by molar-refractivity contribution is 7.13. The van der Waals surface area contributed by atoms with Gasteiger partial charge in [0.2, 0.25) is 0 Å². The van der Waals surface area contributed by atoms with Gasteiger partial charge in [0.05, 0.1) is 29.6 Å². The largest absolute Gasteiger partial charge is 0.472 e. The van der Waals surface area contributed by atoms with E-state index in [4.69, 9.17) is 4.42 Å². The van der Waals surface area contributed by atoms with Gasteiger partial charge in [-0.05, 0) is 6.07 Å². The van der Waals surface area contributed by atoms with Crippen LogP contribution in [-0.4, -0.2) is 14.5 Å². The Hall–Kier alpha value is -2.74. The molecule has 0 aliphatic rings. The molecule has 0 saturated heterocycles. The van der Waals surface area contributed by atoms with Crippen LogP contribution in [-0.2, 0) is 6.54 Å². The highest BCUT2D eigenvalue weighted by Gasteiger charge is 2.12. The van der Waals surface area contributed by atoms with Crippen molar-refractivity contribution >= 4 is 17.0 Å². The highest BCUT2D eigenvalue weighted by Crippen LogP contribution is 2.24. The number of hydrogen-bond donors (Lipinski definition) is 0. The first-order chi connectivity index (χ1) is 10.1. The van der Waals surface area contributed by atoms with Crippen molar-refractivity contribution in [1.29, 1.82) is 0 Å². The number of hydrogen-bond acceptors (Lipinski definition) is 6. The van der Waals surface area contributed by atoms with E-state index in [-0.39, 0.29) is 0 Å². The second-order valence-corrected chi connectivity index (χ2v) is 5.14. The van der Waals surface area contributed by atoms with E-state index in [1.165, 1.54) is 29.8 Å². The van der Waals surface area contributed by atoms with Crippen molar-refractivity contribution in [3.05, 3.63) is 68.5 Å². The summed E-state index contributed by atoms with van der Waals surface area (Å²) < 4.78 is 6.57. The van der Waals surface area contributed by atoms with E-state index in [9.17, 15) is 14.9 Å². The van der Waals surface area contributed by atoms with Crippen molar-refractivity contribution in [3.8, 4) is 10.6 Å². The van der Waals surface area contributed by atoms with Gasteiger partial charge in [0, 0.05) is 23.2 Å². The molecule has 0 bridgehead atoms. The van der Waals surface area contributed by atoms with Crippen LogP contribution in [0.3, 0.4) is 0 Å². The molecule has 0 radical (unpaired) electrons. The van der Waals surface area contributed by atoms with Crippen molar-refractivity contribution in [2.24, 2.45) is 0 Å². The number of rotatable bonds is 4. The number of nitro groups is 1. The summed E-state index contributed by atoms with van der Waals surface area (Å²) in [4.78, 5) is 25.9. The van der Waals surface area contributed by atoms with Gasteiger partial charge in [-0.25, -0.2) is 4.98 Å². The third kappa shape index (κ3) is 2.75. The Morgan fingerprint density at radius 1 is 1.43 bits per heavy atom. The molecule has 3 aromatic heterocycles. The van der Waals surface area contributed by atoms with Crippen molar-refractivity contribution < 1.29 is 9.34 Å². The maximum atomic E-state index is 11.3. The second-order valence-electron chi connectivity index (χ2n) is 4.28. The molecular formula is C13H9N3O4S. The van der Waals surface area contributed by atoms with Gasteiger partial charge in [0.15, 0.2) is 0 Å². The summed E-state index contributed by atoms with van der Waals surface area (Å²) >= 11 is 1.46. The molecule has 21 heavy (non-hydrogen) atoms. The Labute approximate surface area is 122 Å². The predicted molar refractivity (Wildman–Crippen MR) is 76.3 cm³/mol. The smallest absolute Gasteiger partial charge is 0.332 e. The lowest BCUT2D eigenvalue weighted by molar-refractivity contribution is -0.386. The van der Waals surface area contributed by atoms with E-state index in [1.54, 1.807) is 17.1 Å². The van der Waals surface area contributed by atoms with Crippen LogP contribution in [0.2, 0.25) is 0 Å². The zero-order chi connectivity index (χ0) is 14.8. The summed E-state index contributed by atoms with van der Waals surface area (Å²) in [6.07, 6.45) is 5.90. The SMILES string of the molecule is O=c1ccn(Cc2csc(-c3ccoc3)n2)cc1[N+](=O)[O-]. The maximum absolute atomic E-state index is 11.3. The van der Waals surface area contributed by atoms with Crippen LogP contribution in [0.1, 0.15) is 5.69 Å². The first kappa shape index (κ1) is 13.3. The van der Waals surface area contributed by atoms with E-state index < -0.39 is 16.0 Å². The summed E-state index contributed by atoms with van der Waals surface area (Å²) in [7, 11) is 0. The van der Waals surface area contributed by atoms with Crippen molar-refractivity contribution in [1.82, 2.24) is 9.55 Å². The topological polar surface area (TPSA) is 91.2 Å². The van der Waals surface area contributed by atoms with Crippen molar-refractivity contribution in [2.45, 2.75) is 6.54 Å². The molecular weight excluding hydrogens is 294 g/mol. The molecule has 0 aromatic carbocycles. The van der Waals surface area contributed by atoms with Crippen LogP contribution in [0.4, 0.5) is 5.69 Å². The van der Waals surface area contributed by atoms with Gasteiger partial charge in [-0.2, -0.15) is 0 Å². The van der Waals surface area contributed by atoms with Gasteiger partial charge < -0.3 is 8.98 Å². The zero-order valence-electron chi connectivity index (χ0n) is 10.6. The van der Waals surface area contributed by atoms with Gasteiger partial charge in [-0.15, -0.1) is 11.3 Å². The van der Waals surface area contributed by atoms with Crippen LogP contribution in [0.25, 0.3) is 10.6 Å². The van der Waals surface area contributed by atoms with Gasteiger partial charge in [0.25, 0.3) is 5.43 Å². The fraction of sp³-hybridized carbons (Fsp3) is 0.0769. The predicted octanol–water partition coefficient (Wildman–Crippen LogP) is 2.52. The lowest BCUT2D eigenvalue weighted by Gasteiger charge is -2.02. The van der Waals surface area contributed by atoms with Crippen LogP contribution >= 0.6 is 11.3 Å². The van der Waals surface area contributed by atoms with Crippen molar-refractivity contribution in [3.63, 3.8) is 0 Å². The first-order valence-electron chi connectivity index (χ1n) is 5.95. The summed E-state index contributed by atoms with van der Waals surface area (Å²) in [6, 6.07) is 2.99. The molecule has 106 valence electrons. The molecule has 8 heteroatoms.